The van der Waals surface area contributed by atoms with Gasteiger partial charge in [0.1, 0.15) is 5.75 Å². The summed E-state index contributed by atoms with van der Waals surface area (Å²) in [6.07, 6.45) is 0. The standard InChI is InChI=1S/C24H22N4O2/c1-15-9-11-20(13-16(15)2)28-24(30)23(17(3)27-28)26-25-21-12-10-19(14-22(21)29)18-7-5-4-6-8-18/h4-14,25,29H,1-3H3. The molecule has 1 aliphatic heterocycles. The van der Waals surface area contributed by atoms with Crippen molar-refractivity contribution in [3.63, 3.8) is 0 Å². The Balaban J connectivity index is 1.55. The van der Waals surface area contributed by atoms with Gasteiger partial charge in [-0.2, -0.15) is 15.2 Å². The molecule has 6 nitrogen and oxygen atoms in total. The Morgan fingerprint density at radius 3 is 2.37 bits per heavy atom. The van der Waals surface area contributed by atoms with Gasteiger partial charge in [0.05, 0.1) is 17.1 Å². The molecule has 0 unspecified atom stereocenters. The summed E-state index contributed by atoms with van der Waals surface area (Å²) in [6, 6.07) is 20.8. The van der Waals surface area contributed by atoms with Gasteiger partial charge in [0, 0.05) is 0 Å². The van der Waals surface area contributed by atoms with E-state index in [4.69, 9.17) is 0 Å². The molecule has 0 saturated heterocycles. The second-order valence-electron chi connectivity index (χ2n) is 7.24. The van der Waals surface area contributed by atoms with Crippen molar-refractivity contribution >= 4 is 28.7 Å². The van der Waals surface area contributed by atoms with Gasteiger partial charge in [0.25, 0.3) is 0 Å². The Morgan fingerprint density at radius 1 is 0.900 bits per heavy atom. The van der Waals surface area contributed by atoms with E-state index in [1.807, 2.05) is 68.4 Å². The molecule has 0 aliphatic carbocycles. The van der Waals surface area contributed by atoms with Gasteiger partial charge < -0.3 is 5.11 Å². The molecule has 2 N–H and O–H groups in total. The van der Waals surface area contributed by atoms with Crippen LogP contribution in [0.2, 0.25) is 0 Å². The zero-order valence-corrected chi connectivity index (χ0v) is 17.0. The normalized spacial score (nSPS) is 14.9. The molecule has 0 atom stereocenters. The van der Waals surface area contributed by atoms with Crippen molar-refractivity contribution in [3.8, 4) is 16.9 Å². The van der Waals surface area contributed by atoms with Crippen LogP contribution in [0.15, 0.2) is 76.9 Å². The predicted molar refractivity (Wildman–Crippen MR) is 121 cm³/mol. The average Bonchev–Trinajstić information content (AvgIpc) is 3.03. The zero-order valence-electron chi connectivity index (χ0n) is 17.0. The number of anilines is 2. The third kappa shape index (κ3) is 3.67. The molecule has 1 heterocycles. The van der Waals surface area contributed by atoms with E-state index in [-0.39, 0.29) is 17.4 Å². The van der Waals surface area contributed by atoms with Crippen LogP contribution in [0.5, 0.6) is 5.75 Å². The van der Waals surface area contributed by atoms with Crippen LogP contribution in [0, 0.1) is 13.8 Å². The number of aryl methyl sites for hydroxylation is 2. The molecule has 0 radical (unpaired) electrons. The van der Waals surface area contributed by atoms with Gasteiger partial charge in [-0.15, -0.1) is 0 Å². The van der Waals surface area contributed by atoms with Crippen LogP contribution >= 0.6 is 0 Å². The molecule has 0 spiro atoms. The lowest BCUT2D eigenvalue weighted by Gasteiger charge is -2.13. The molecule has 0 bridgehead atoms. The molecule has 0 aromatic heterocycles. The zero-order chi connectivity index (χ0) is 21.3. The summed E-state index contributed by atoms with van der Waals surface area (Å²) >= 11 is 0. The molecule has 0 saturated carbocycles. The number of carbonyl (C=O) groups excluding carboxylic acids is 1. The smallest absolute Gasteiger partial charge is 0.301 e. The van der Waals surface area contributed by atoms with Crippen molar-refractivity contribution in [1.82, 2.24) is 0 Å². The third-order valence-electron chi connectivity index (χ3n) is 5.12. The van der Waals surface area contributed by atoms with Crippen LogP contribution in [-0.2, 0) is 4.79 Å². The Kier molecular flexibility index (Phi) is 5.06. The maximum atomic E-state index is 12.8. The van der Waals surface area contributed by atoms with Gasteiger partial charge in [0.2, 0.25) is 0 Å². The number of nitrogens with one attached hydrogen (secondary N) is 1. The van der Waals surface area contributed by atoms with E-state index < -0.39 is 0 Å². The van der Waals surface area contributed by atoms with E-state index in [0.29, 0.717) is 17.1 Å². The number of hydrogen-bond donors (Lipinski definition) is 2. The van der Waals surface area contributed by atoms with Gasteiger partial charge in [-0.25, -0.2) is 0 Å². The molecular formula is C24H22N4O2. The number of hydrogen-bond acceptors (Lipinski definition) is 5. The Labute approximate surface area is 175 Å². The molecule has 4 rings (SSSR count). The van der Waals surface area contributed by atoms with Crippen LogP contribution in [0.1, 0.15) is 18.1 Å². The highest BCUT2D eigenvalue weighted by Crippen LogP contribution is 2.30. The summed E-state index contributed by atoms with van der Waals surface area (Å²) < 4.78 is 0. The van der Waals surface area contributed by atoms with Crippen molar-refractivity contribution in [1.29, 1.82) is 0 Å². The van der Waals surface area contributed by atoms with Crippen LogP contribution in [0.4, 0.5) is 11.4 Å². The van der Waals surface area contributed by atoms with Gasteiger partial charge in [-0.05, 0) is 67.3 Å². The monoisotopic (exact) mass is 398 g/mol. The van der Waals surface area contributed by atoms with E-state index in [0.717, 1.165) is 22.3 Å². The lowest BCUT2D eigenvalue weighted by molar-refractivity contribution is -0.112. The molecule has 6 heteroatoms. The summed E-state index contributed by atoms with van der Waals surface area (Å²) in [5, 5.41) is 20.3. The average molecular weight is 398 g/mol. The van der Waals surface area contributed by atoms with Crippen molar-refractivity contribution < 1.29 is 9.90 Å². The largest absolute Gasteiger partial charge is 0.506 e. The third-order valence-corrected chi connectivity index (χ3v) is 5.12. The van der Waals surface area contributed by atoms with Gasteiger partial charge in [-0.3, -0.25) is 10.2 Å². The highest BCUT2D eigenvalue weighted by molar-refractivity contribution is 6.71. The highest BCUT2D eigenvalue weighted by atomic mass is 16.3. The van der Waals surface area contributed by atoms with Crippen LogP contribution in [0.3, 0.4) is 0 Å². The lowest BCUT2D eigenvalue weighted by Crippen LogP contribution is -2.28. The molecule has 1 aliphatic rings. The fraction of sp³-hybridized carbons (Fsp3) is 0.125. The van der Waals surface area contributed by atoms with Gasteiger partial charge in [-0.1, -0.05) is 42.5 Å². The van der Waals surface area contributed by atoms with Crippen LogP contribution in [0.25, 0.3) is 11.1 Å². The number of benzene rings is 3. The number of aromatic hydroxyl groups is 1. The second-order valence-corrected chi connectivity index (χ2v) is 7.24. The lowest BCUT2D eigenvalue weighted by atomic mass is 10.1. The van der Waals surface area contributed by atoms with E-state index in [1.54, 1.807) is 19.1 Å². The Hall–Kier alpha value is -3.93. The number of phenols is 1. The van der Waals surface area contributed by atoms with Crippen LogP contribution < -0.4 is 10.4 Å². The number of carbonyl (C=O) groups is 1. The minimum atomic E-state index is -0.316. The fourth-order valence-corrected chi connectivity index (χ4v) is 3.21. The quantitative estimate of drug-likeness (QED) is 0.486. The van der Waals surface area contributed by atoms with Crippen molar-refractivity contribution in [2.75, 3.05) is 10.4 Å². The Bertz CT molecular complexity index is 1180. The number of amides is 1. The summed E-state index contributed by atoms with van der Waals surface area (Å²) in [6.45, 7) is 5.75. The maximum Gasteiger partial charge on any atom is 0.301 e. The Morgan fingerprint density at radius 2 is 1.67 bits per heavy atom. The highest BCUT2D eigenvalue weighted by Gasteiger charge is 2.31. The SMILES string of the molecule is CC1=NN(c2ccc(C)c(C)c2)C(=O)C1=NNc1ccc(-c2ccccc2)cc1O. The molecule has 1 amide bonds. The predicted octanol–water partition coefficient (Wildman–Crippen LogP) is 4.87. The topological polar surface area (TPSA) is 77.3 Å². The van der Waals surface area contributed by atoms with E-state index in [9.17, 15) is 9.90 Å². The first-order valence-corrected chi connectivity index (χ1v) is 9.63. The second kappa shape index (κ2) is 7.83. The molecular weight excluding hydrogens is 376 g/mol. The molecule has 3 aromatic carbocycles. The first-order valence-electron chi connectivity index (χ1n) is 9.63. The molecule has 3 aromatic rings. The van der Waals surface area contributed by atoms with E-state index >= 15 is 0 Å². The summed E-state index contributed by atoms with van der Waals surface area (Å²) in [5.41, 5.74) is 8.74. The molecule has 30 heavy (non-hydrogen) atoms. The van der Waals surface area contributed by atoms with E-state index in [1.165, 1.54) is 5.01 Å². The first kappa shape index (κ1) is 19.4. The minimum Gasteiger partial charge on any atom is -0.506 e. The molecule has 150 valence electrons. The summed E-state index contributed by atoms with van der Waals surface area (Å²) in [7, 11) is 0. The minimum absolute atomic E-state index is 0.0479. The van der Waals surface area contributed by atoms with Crippen molar-refractivity contribution in [3.05, 3.63) is 77.9 Å². The van der Waals surface area contributed by atoms with Crippen molar-refractivity contribution in [2.24, 2.45) is 10.2 Å². The summed E-state index contributed by atoms with van der Waals surface area (Å²) in [5.74, 6) is -0.268. The molecule has 0 fully saturated rings. The number of rotatable bonds is 4. The van der Waals surface area contributed by atoms with Crippen LogP contribution in [-0.4, -0.2) is 22.4 Å². The number of nitrogens with zero attached hydrogens (tertiary/aromatic N) is 3. The van der Waals surface area contributed by atoms with Gasteiger partial charge >= 0.3 is 5.91 Å². The first-order chi connectivity index (χ1) is 14.4. The number of hydrazone groups is 2. The van der Waals surface area contributed by atoms with E-state index in [2.05, 4.69) is 15.6 Å². The maximum absolute atomic E-state index is 12.8. The number of phenolic OH excluding ortho intramolecular Hbond substituents is 1. The van der Waals surface area contributed by atoms with Gasteiger partial charge in [0.15, 0.2) is 5.71 Å². The fourth-order valence-electron chi connectivity index (χ4n) is 3.21. The summed E-state index contributed by atoms with van der Waals surface area (Å²) in [4.78, 5) is 12.8. The van der Waals surface area contributed by atoms with Crippen molar-refractivity contribution in [2.45, 2.75) is 20.8 Å².